The number of aliphatic carboxylic acids is 1. The van der Waals surface area contributed by atoms with Crippen molar-refractivity contribution in [2.75, 3.05) is 0 Å². The zero-order chi connectivity index (χ0) is 8.85. The molecule has 0 amide bonds. The average molecular weight is 154 g/mol. The zero-order valence-electron chi connectivity index (χ0n) is 6.24. The summed E-state index contributed by atoms with van der Waals surface area (Å²) in [6, 6.07) is 0. The number of allylic oxidation sites excluding steroid dienone is 1. The van der Waals surface area contributed by atoms with Crippen molar-refractivity contribution in [3.8, 4) is 0 Å². The van der Waals surface area contributed by atoms with Crippen molar-refractivity contribution in [3.05, 3.63) is 24.6 Å². The summed E-state index contributed by atoms with van der Waals surface area (Å²) in [6.07, 6.45) is 2.59. The second-order valence-electron chi connectivity index (χ2n) is 1.86. The molecule has 0 bridgehead atoms. The molecule has 4 nitrogen and oxygen atoms in total. The third-order valence-electron chi connectivity index (χ3n) is 0.906. The van der Waals surface area contributed by atoms with Crippen LogP contribution in [-0.2, 0) is 4.79 Å². The number of aliphatic imine (C=N–C) groups is 1. The summed E-state index contributed by atoms with van der Waals surface area (Å²) in [6.45, 7) is 4.98. The molecule has 11 heavy (non-hydrogen) atoms. The first-order valence-electron chi connectivity index (χ1n) is 2.93. The highest BCUT2D eigenvalue weighted by atomic mass is 16.4. The highest BCUT2D eigenvalue weighted by Gasteiger charge is 1.99. The van der Waals surface area contributed by atoms with E-state index in [1.165, 1.54) is 12.3 Å². The molecule has 0 heterocycles. The molecule has 3 N–H and O–H groups in total. The van der Waals surface area contributed by atoms with Crippen LogP contribution in [0.2, 0.25) is 0 Å². The molecular weight excluding hydrogens is 144 g/mol. The standard InChI is InChI=1S/C7H10N2O2/c1-3-9-5(2)4-6(8)7(10)11/h3-4H,1,8H2,2H3,(H,10,11)/b6-4-,9-5?. The maximum Gasteiger partial charge on any atom is 0.351 e. The van der Waals surface area contributed by atoms with Gasteiger partial charge in [0.2, 0.25) is 0 Å². The molecule has 0 atom stereocenters. The van der Waals surface area contributed by atoms with Crippen LogP contribution in [0.15, 0.2) is 29.5 Å². The number of nitrogens with zero attached hydrogens (tertiary/aromatic N) is 1. The first-order valence-corrected chi connectivity index (χ1v) is 2.93. The smallest absolute Gasteiger partial charge is 0.351 e. The number of hydrogen-bond acceptors (Lipinski definition) is 3. The van der Waals surface area contributed by atoms with Crippen LogP contribution in [0, 0.1) is 0 Å². The van der Waals surface area contributed by atoms with E-state index >= 15 is 0 Å². The highest BCUT2D eigenvalue weighted by Crippen LogP contribution is 1.87. The van der Waals surface area contributed by atoms with Gasteiger partial charge in [-0.15, -0.1) is 0 Å². The van der Waals surface area contributed by atoms with E-state index in [1.54, 1.807) is 6.92 Å². The van der Waals surface area contributed by atoms with Gasteiger partial charge in [0.1, 0.15) is 5.70 Å². The van der Waals surface area contributed by atoms with Gasteiger partial charge in [-0.05, 0) is 13.0 Å². The summed E-state index contributed by atoms with van der Waals surface area (Å²) in [7, 11) is 0. The minimum Gasteiger partial charge on any atom is -0.477 e. The molecule has 0 unspecified atom stereocenters. The molecule has 0 spiro atoms. The van der Waals surface area contributed by atoms with Gasteiger partial charge in [-0.3, -0.25) is 4.99 Å². The average Bonchev–Trinajstić information content (AvgIpc) is 1.87. The van der Waals surface area contributed by atoms with E-state index in [9.17, 15) is 4.79 Å². The van der Waals surface area contributed by atoms with Crippen LogP contribution in [0.3, 0.4) is 0 Å². The molecule has 0 saturated heterocycles. The Kier molecular flexibility index (Phi) is 3.66. The van der Waals surface area contributed by atoms with Crippen LogP contribution in [0.5, 0.6) is 0 Å². The molecule has 0 aromatic rings. The van der Waals surface area contributed by atoms with Gasteiger partial charge in [0.05, 0.1) is 0 Å². The lowest BCUT2D eigenvalue weighted by atomic mass is 10.3. The van der Waals surface area contributed by atoms with E-state index in [1.807, 2.05) is 0 Å². The Morgan fingerprint density at radius 3 is 2.64 bits per heavy atom. The van der Waals surface area contributed by atoms with Crippen LogP contribution >= 0.6 is 0 Å². The lowest BCUT2D eigenvalue weighted by Crippen LogP contribution is -2.11. The fourth-order valence-electron chi connectivity index (χ4n) is 0.468. The van der Waals surface area contributed by atoms with Crippen molar-refractivity contribution in [1.82, 2.24) is 0 Å². The monoisotopic (exact) mass is 154 g/mol. The molecule has 4 heteroatoms. The van der Waals surface area contributed by atoms with Crippen molar-refractivity contribution in [3.63, 3.8) is 0 Å². The maximum absolute atomic E-state index is 10.2. The van der Waals surface area contributed by atoms with E-state index in [-0.39, 0.29) is 5.70 Å². The molecule has 60 valence electrons. The number of carboxylic acids is 1. The molecule has 0 aromatic heterocycles. The molecule has 0 aromatic carbocycles. The Hall–Kier alpha value is -1.58. The molecule has 0 aliphatic carbocycles. The van der Waals surface area contributed by atoms with E-state index in [0.29, 0.717) is 5.71 Å². The predicted octanol–water partition coefficient (Wildman–Crippen LogP) is 0.518. The van der Waals surface area contributed by atoms with Crippen molar-refractivity contribution in [2.45, 2.75) is 6.92 Å². The predicted molar refractivity (Wildman–Crippen MR) is 43.2 cm³/mol. The van der Waals surface area contributed by atoms with Gasteiger partial charge in [-0.25, -0.2) is 4.79 Å². The summed E-state index contributed by atoms with van der Waals surface area (Å²) in [4.78, 5) is 13.9. The second-order valence-corrected chi connectivity index (χ2v) is 1.86. The number of carbonyl (C=O) groups is 1. The van der Waals surface area contributed by atoms with E-state index in [4.69, 9.17) is 10.8 Å². The Balaban J connectivity index is 4.42. The first kappa shape index (κ1) is 9.42. The van der Waals surface area contributed by atoms with E-state index in [0.717, 1.165) is 0 Å². The summed E-state index contributed by atoms with van der Waals surface area (Å²) < 4.78 is 0. The quantitative estimate of drug-likeness (QED) is 0.459. The lowest BCUT2D eigenvalue weighted by molar-refractivity contribution is -0.132. The van der Waals surface area contributed by atoms with Crippen molar-refractivity contribution in [1.29, 1.82) is 0 Å². The molecule has 0 radical (unpaired) electrons. The van der Waals surface area contributed by atoms with Crippen LogP contribution in [-0.4, -0.2) is 16.8 Å². The Bertz CT molecular complexity index is 229. The summed E-state index contributed by atoms with van der Waals surface area (Å²) in [5, 5.41) is 8.32. The van der Waals surface area contributed by atoms with Gasteiger partial charge in [-0.2, -0.15) is 0 Å². The third-order valence-corrected chi connectivity index (χ3v) is 0.906. The van der Waals surface area contributed by atoms with Crippen molar-refractivity contribution in [2.24, 2.45) is 10.7 Å². The van der Waals surface area contributed by atoms with Crippen LogP contribution < -0.4 is 5.73 Å². The van der Waals surface area contributed by atoms with Gasteiger partial charge in [-0.1, -0.05) is 6.58 Å². The van der Waals surface area contributed by atoms with Gasteiger partial charge < -0.3 is 10.8 Å². The molecule has 0 aliphatic rings. The normalized spacial score (nSPS) is 12.8. The fraction of sp³-hybridized carbons (Fsp3) is 0.143. The van der Waals surface area contributed by atoms with Crippen molar-refractivity contribution >= 4 is 11.7 Å². The number of rotatable bonds is 3. The van der Waals surface area contributed by atoms with Crippen LogP contribution in [0.25, 0.3) is 0 Å². The lowest BCUT2D eigenvalue weighted by Gasteiger charge is -1.91. The topological polar surface area (TPSA) is 75.7 Å². The SMILES string of the molecule is C=CN=C(C)/C=C(\N)C(=O)O. The van der Waals surface area contributed by atoms with E-state index in [2.05, 4.69) is 11.6 Å². The Labute approximate surface area is 64.7 Å². The second kappa shape index (κ2) is 4.27. The largest absolute Gasteiger partial charge is 0.477 e. The minimum absolute atomic E-state index is 0.229. The number of carboxylic acid groups (broad SMARTS) is 1. The summed E-state index contributed by atoms with van der Waals surface area (Å²) >= 11 is 0. The van der Waals surface area contributed by atoms with Crippen LogP contribution in [0.4, 0.5) is 0 Å². The van der Waals surface area contributed by atoms with Gasteiger partial charge >= 0.3 is 5.97 Å². The summed E-state index contributed by atoms with van der Waals surface area (Å²) in [5.74, 6) is -1.15. The molecule has 0 aliphatic heterocycles. The molecule has 0 rings (SSSR count). The Morgan fingerprint density at radius 1 is 1.73 bits per heavy atom. The van der Waals surface area contributed by atoms with E-state index < -0.39 is 5.97 Å². The summed E-state index contributed by atoms with van der Waals surface area (Å²) in [5.41, 5.74) is 5.38. The minimum atomic E-state index is -1.15. The number of hydrogen-bond donors (Lipinski definition) is 2. The molecule has 0 saturated carbocycles. The zero-order valence-corrected chi connectivity index (χ0v) is 6.24. The maximum atomic E-state index is 10.2. The van der Waals surface area contributed by atoms with Crippen LogP contribution in [0.1, 0.15) is 6.92 Å². The molecule has 0 fully saturated rings. The van der Waals surface area contributed by atoms with Crippen molar-refractivity contribution < 1.29 is 9.90 Å². The van der Waals surface area contributed by atoms with Gasteiger partial charge in [0.25, 0.3) is 0 Å². The van der Waals surface area contributed by atoms with Gasteiger partial charge in [0, 0.05) is 11.9 Å². The molecular formula is C7H10N2O2. The third kappa shape index (κ3) is 3.91. The first-order chi connectivity index (χ1) is 5.07. The highest BCUT2D eigenvalue weighted by molar-refractivity contribution is 6.00. The van der Waals surface area contributed by atoms with Gasteiger partial charge in [0.15, 0.2) is 0 Å². The Morgan fingerprint density at radius 2 is 2.27 bits per heavy atom. The fourth-order valence-corrected chi connectivity index (χ4v) is 0.468. The number of nitrogens with two attached hydrogens (primary N) is 1.